The molecule has 1 aliphatic rings. The third kappa shape index (κ3) is 4.28. The molecule has 0 bridgehead atoms. The fourth-order valence-electron chi connectivity index (χ4n) is 2.68. The minimum absolute atomic E-state index is 0.0812. The normalized spacial score (nSPS) is 18.0. The molecule has 1 aromatic rings. The highest BCUT2D eigenvalue weighted by Crippen LogP contribution is 2.28. The van der Waals surface area contributed by atoms with Crippen molar-refractivity contribution in [2.24, 2.45) is 5.92 Å². The second-order valence-electron chi connectivity index (χ2n) is 5.54. The van der Waals surface area contributed by atoms with Gasteiger partial charge in [0.1, 0.15) is 4.90 Å². The lowest BCUT2D eigenvalue weighted by molar-refractivity contribution is -0.137. The van der Waals surface area contributed by atoms with Gasteiger partial charge < -0.3 is 5.11 Å². The van der Waals surface area contributed by atoms with Gasteiger partial charge in [-0.3, -0.25) is 9.48 Å². The number of aromatic nitrogens is 2. The first-order valence-electron chi connectivity index (χ1n) is 7.15. The molecule has 0 unspecified atom stereocenters. The first-order chi connectivity index (χ1) is 9.88. The van der Waals surface area contributed by atoms with Gasteiger partial charge in [-0.1, -0.05) is 12.8 Å². The van der Waals surface area contributed by atoms with Crippen LogP contribution in [-0.4, -0.2) is 35.3 Å². The van der Waals surface area contributed by atoms with E-state index in [9.17, 15) is 13.2 Å². The van der Waals surface area contributed by atoms with Gasteiger partial charge in [-0.05, 0) is 25.7 Å². The Labute approximate surface area is 124 Å². The summed E-state index contributed by atoms with van der Waals surface area (Å²) in [6, 6.07) is -0.0973. The van der Waals surface area contributed by atoms with E-state index >= 15 is 0 Å². The van der Waals surface area contributed by atoms with E-state index in [-0.39, 0.29) is 23.9 Å². The molecule has 0 aliphatic heterocycles. The van der Waals surface area contributed by atoms with E-state index in [2.05, 4.69) is 9.82 Å². The van der Waals surface area contributed by atoms with E-state index in [0.29, 0.717) is 5.92 Å². The van der Waals surface area contributed by atoms with E-state index in [1.165, 1.54) is 17.1 Å². The summed E-state index contributed by atoms with van der Waals surface area (Å²) < 4.78 is 28.6. The molecule has 118 valence electrons. The topological polar surface area (TPSA) is 101 Å². The van der Waals surface area contributed by atoms with E-state index in [1.807, 2.05) is 6.92 Å². The minimum Gasteiger partial charge on any atom is -0.481 e. The van der Waals surface area contributed by atoms with Gasteiger partial charge >= 0.3 is 5.97 Å². The maximum Gasteiger partial charge on any atom is 0.305 e. The van der Waals surface area contributed by atoms with Crippen LogP contribution in [0.1, 0.15) is 39.0 Å². The standard InChI is InChI=1S/C13H21N3O4S/c1-10(11-4-2-3-5-11)15-21(19,20)12-8-14-16(9-12)7-6-13(17)18/h8-11,15H,2-7H2,1H3,(H,17,18)/t10-/m0/s1. The van der Waals surface area contributed by atoms with Gasteiger partial charge in [-0.15, -0.1) is 0 Å². The molecule has 2 N–H and O–H groups in total. The second-order valence-corrected chi connectivity index (χ2v) is 7.25. The Morgan fingerprint density at radius 1 is 1.52 bits per heavy atom. The van der Waals surface area contributed by atoms with Crippen molar-refractivity contribution >= 4 is 16.0 Å². The highest BCUT2D eigenvalue weighted by Gasteiger charge is 2.26. The summed E-state index contributed by atoms with van der Waals surface area (Å²) in [7, 11) is -3.60. The number of carboxylic acids is 1. The van der Waals surface area contributed by atoms with E-state index in [4.69, 9.17) is 5.11 Å². The summed E-state index contributed by atoms with van der Waals surface area (Å²) in [4.78, 5) is 10.6. The molecule has 0 radical (unpaired) electrons. The van der Waals surface area contributed by atoms with Crippen molar-refractivity contribution in [3.05, 3.63) is 12.4 Å². The second kappa shape index (κ2) is 6.57. The number of hydrogen-bond donors (Lipinski definition) is 2. The predicted molar refractivity (Wildman–Crippen MR) is 76.2 cm³/mol. The van der Waals surface area contributed by atoms with E-state index < -0.39 is 16.0 Å². The Morgan fingerprint density at radius 2 is 2.19 bits per heavy atom. The predicted octanol–water partition coefficient (Wildman–Crippen LogP) is 1.21. The van der Waals surface area contributed by atoms with Gasteiger partial charge in [-0.2, -0.15) is 5.10 Å². The van der Waals surface area contributed by atoms with Crippen LogP contribution in [0.5, 0.6) is 0 Å². The quantitative estimate of drug-likeness (QED) is 0.787. The molecule has 2 rings (SSSR count). The lowest BCUT2D eigenvalue weighted by atomic mass is 10.0. The Hall–Kier alpha value is -1.41. The molecule has 1 atom stereocenters. The average Bonchev–Trinajstić information content (AvgIpc) is 3.07. The van der Waals surface area contributed by atoms with Gasteiger partial charge in [0, 0.05) is 12.2 Å². The molecule has 0 aromatic carbocycles. The third-order valence-electron chi connectivity index (χ3n) is 3.92. The summed E-state index contributed by atoms with van der Waals surface area (Å²) in [5.74, 6) is -0.551. The molecule has 0 saturated heterocycles. The van der Waals surface area contributed by atoms with Crippen LogP contribution in [0.4, 0.5) is 0 Å². The number of nitrogens with one attached hydrogen (secondary N) is 1. The van der Waals surface area contributed by atoms with Crippen LogP contribution >= 0.6 is 0 Å². The largest absolute Gasteiger partial charge is 0.481 e. The van der Waals surface area contributed by atoms with Crippen LogP contribution in [0.25, 0.3) is 0 Å². The molecule has 1 fully saturated rings. The molecule has 1 heterocycles. The van der Waals surface area contributed by atoms with Gasteiger partial charge in [0.05, 0.1) is 19.2 Å². The van der Waals surface area contributed by atoms with Crippen LogP contribution in [0, 0.1) is 5.92 Å². The zero-order valence-electron chi connectivity index (χ0n) is 12.0. The van der Waals surface area contributed by atoms with Crippen LogP contribution in [-0.2, 0) is 21.4 Å². The van der Waals surface area contributed by atoms with Crippen molar-refractivity contribution in [1.82, 2.24) is 14.5 Å². The summed E-state index contributed by atoms with van der Waals surface area (Å²) in [6.45, 7) is 2.05. The summed E-state index contributed by atoms with van der Waals surface area (Å²) >= 11 is 0. The maximum atomic E-state index is 12.3. The highest BCUT2D eigenvalue weighted by atomic mass is 32.2. The van der Waals surface area contributed by atoms with Gasteiger partial charge in [0.25, 0.3) is 0 Å². The molecule has 1 saturated carbocycles. The van der Waals surface area contributed by atoms with Crippen molar-refractivity contribution in [1.29, 1.82) is 0 Å². The molecule has 0 amide bonds. The zero-order valence-corrected chi connectivity index (χ0v) is 12.8. The number of nitrogens with zero attached hydrogens (tertiary/aromatic N) is 2. The van der Waals surface area contributed by atoms with Crippen LogP contribution in [0.15, 0.2) is 17.3 Å². The Bertz CT molecular complexity index is 590. The molecule has 1 aromatic heterocycles. The fraction of sp³-hybridized carbons (Fsp3) is 0.692. The van der Waals surface area contributed by atoms with Gasteiger partial charge in [-0.25, -0.2) is 13.1 Å². The van der Waals surface area contributed by atoms with Crippen molar-refractivity contribution in [2.75, 3.05) is 0 Å². The van der Waals surface area contributed by atoms with Crippen LogP contribution < -0.4 is 4.72 Å². The van der Waals surface area contributed by atoms with Crippen molar-refractivity contribution < 1.29 is 18.3 Å². The molecular weight excluding hydrogens is 294 g/mol. The SMILES string of the molecule is C[C@H](NS(=O)(=O)c1cnn(CCC(=O)O)c1)C1CCCC1. The summed E-state index contributed by atoms with van der Waals surface area (Å²) in [5.41, 5.74) is 0. The number of carboxylic acid groups (broad SMARTS) is 1. The zero-order chi connectivity index (χ0) is 15.5. The van der Waals surface area contributed by atoms with Gasteiger partial charge in [0.15, 0.2) is 0 Å². The minimum atomic E-state index is -3.60. The molecule has 0 spiro atoms. The maximum absolute atomic E-state index is 12.3. The number of aryl methyl sites for hydroxylation is 1. The Balaban J connectivity index is 2.00. The van der Waals surface area contributed by atoms with Crippen molar-refractivity contribution in [3.63, 3.8) is 0 Å². The Morgan fingerprint density at radius 3 is 2.81 bits per heavy atom. The lowest BCUT2D eigenvalue weighted by Gasteiger charge is -2.19. The van der Waals surface area contributed by atoms with E-state index in [1.54, 1.807) is 0 Å². The first kappa shape index (κ1) is 16.0. The monoisotopic (exact) mass is 315 g/mol. The lowest BCUT2D eigenvalue weighted by Crippen LogP contribution is -2.37. The summed E-state index contributed by atoms with van der Waals surface area (Å²) in [5, 5.41) is 12.5. The summed E-state index contributed by atoms with van der Waals surface area (Å²) in [6.07, 6.45) is 6.96. The first-order valence-corrected chi connectivity index (χ1v) is 8.63. The van der Waals surface area contributed by atoms with Gasteiger partial charge in [0.2, 0.25) is 10.0 Å². The Kier molecular flexibility index (Phi) is 5.00. The van der Waals surface area contributed by atoms with E-state index in [0.717, 1.165) is 25.7 Å². The number of sulfonamides is 1. The van der Waals surface area contributed by atoms with Crippen LogP contribution in [0.3, 0.4) is 0 Å². The molecule has 7 nitrogen and oxygen atoms in total. The van der Waals surface area contributed by atoms with Crippen LogP contribution in [0.2, 0.25) is 0 Å². The number of aliphatic carboxylic acids is 1. The molecule has 21 heavy (non-hydrogen) atoms. The smallest absolute Gasteiger partial charge is 0.305 e. The van der Waals surface area contributed by atoms with Crippen molar-refractivity contribution in [2.45, 2.75) is 56.5 Å². The molecule has 8 heteroatoms. The molecular formula is C13H21N3O4S. The number of hydrogen-bond acceptors (Lipinski definition) is 4. The highest BCUT2D eigenvalue weighted by molar-refractivity contribution is 7.89. The van der Waals surface area contributed by atoms with Crippen molar-refractivity contribution in [3.8, 4) is 0 Å². The molecule has 1 aliphatic carbocycles. The third-order valence-corrected chi connectivity index (χ3v) is 5.44. The average molecular weight is 315 g/mol. The number of rotatable bonds is 7. The fourth-order valence-corrected chi connectivity index (χ4v) is 3.95. The number of carbonyl (C=O) groups is 1.